The van der Waals surface area contributed by atoms with Crippen molar-refractivity contribution in [2.75, 3.05) is 10.6 Å². The number of hydrogen-bond acceptors (Lipinski definition) is 7. The number of nitrogens with two attached hydrogens (primary N) is 1. The van der Waals surface area contributed by atoms with E-state index < -0.39 is 23.6 Å². The Balaban J connectivity index is 1.53. The van der Waals surface area contributed by atoms with Crippen molar-refractivity contribution < 1.29 is 23.1 Å². The lowest BCUT2D eigenvalue weighted by atomic mass is 9.85. The average Bonchev–Trinajstić information content (AvgIpc) is 3.41. The van der Waals surface area contributed by atoms with Crippen molar-refractivity contribution in [2.45, 2.75) is 63.1 Å². The largest absolute Gasteiger partial charge is 0.391 e. The summed E-state index contributed by atoms with van der Waals surface area (Å²) in [5.74, 6) is -4.28. The van der Waals surface area contributed by atoms with Crippen molar-refractivity contribution in [3.63, 3.8) is 0 Å². The van der Waals surface area contributed by atoms with E-state index >= 15 is 0 Å². The maximum Gasteiger partial charge on any atom is 0.225 e. The van der Waals surface area contributed by atoms with Gasteiger partial charge in [0.15, 0.2) is 23.1 Å². The van der Waals surface area contributed by atoms with Crippen LogP contribution in [-0.2, 0) is 4.79 Å². The number of hydrogen-bond donors (Lipinski definition) is 4. The van der Waals surface area contributed by atoms with Gasteiger partial charge in [-0.3, -0.25) is 9.36 Å². The van der Waals surface area contributed by atoms with Crippen LogP contribution >= 0.6 is 0 Å². The number of fused-ring (bicyclic) bond motifs is 1. The lowest BCUT2D eigenvalue weighted by Gasteiger charge is -2.29. The molecule has 2 saturated carbocycles. The molecule has 3 aromatic rings. The second-order valence-corrected chi connectivity index (χ2v) is 9.21. The first-order valence-electron chi connectivity index (χ1n) is 11.7. The maximum absolute atomic E-state index is 14.4. The van der Waals surface area contributed by atoms with Gasteiger partial charge in [-0.25, -0.2) is 23.1 Å². The fourth-order valence-electron chi connectivity index (χ4n) is 5.03. The van der Waals surface area contributed by atoms with Crippen molar-refractivity contribution in [2.24, 2.45) is 11.7 Å². The van der Waals surface area contributed by atoms with Gasteiger partial charge < -0.3 is 21.5 Å². The molecule has 186 valence electrons. The minimum Gasteiger partial charge on any atom is -0.391 e. The lowest BCUT2D eigenvalue weighted by Crippen LogP contribution is -2.29. The summed E-state index contributed by atoms with van der Waals surface area (Å²) in [6.07, 6.45) is 5.77. The molecule has 2 atom stereocenters. The van der Waals surface area contributed by atoms with Crippen molar-refractivity contribution in [3.05, 3.63) is 35.8 Å². The van der Waals surface area contributed by atoms with E-state index in [-0.39, 0.29) is 35.5 Å². The molecule has 0 radical (unpaired) electrons. The molecule has 12 heteroatoms. The van der Waals surface area contributed by atoms with Crippen LogP contribution in [0, 0.1) is 23.4 Å². The molecule has 9 nitrogen and oxygen atoms in total. The van der Waals surface area contributed by atoms with Gasteiger partial charge in [-0.15, -0.1) is 0 Å². The van der Waals surface area contributed by atoms with Crippen LogP contribution in [0.25, 0.3) is 11.2 Å². The van der Waals surface area contributed by atoms with Crippen LogP contribution in [-0.4, -0.2) is 42.7 Å². The molecule has 0 bridgehead atoms. The monoisotopic (exact) mass is 489 g/mol. The van der Waals surface area contributed by atoms with Crippen molar-refractivity contribution >= 4 is 34.7 Å². The first kappa shape index (κ1) is 23.3. The van der Waals surface area contributed by atoms with Crippen molar-refractivity contribution in [1.29, 1.82) is 0 Å². The van der Waals surface area contributed by atoms with Gasteiger partial charge in [0, 0.05) is 12.0 Å². The number of nitrogens with one attached hydrogen (secondary N) is 2. The third-order valence-corrected chi connectivity index (χ3v) is 6.97. The van der Waals surface area contributed by atoms with E-state index in [4.69, 9.17) is 5.73 Å². The number of halogens is 3. The van der Waals surface area contributed by atoms with Crippen molar-refractivity contribution in [1.82, 2.24) is 19.5 Å². The number of primary amides is 1. The molecule has 0 saturated heterocycles. The molecule has 2 aliphatic rings. The van der Waals surface area contributed by atoms with Crippen molar-refractivity contribution in [3.8, 4) is 0 Å². The number of amides is 1. The molecule has 2 aliphatic carbocycles. The predicted octanol–water partition coefficient (Wildman–Crippen LogP) is 3.53. The fourth-order valence-corrected chi connectivity index (χ4v) is 5.03. The normalized spacial score (nSPS) is 24.6. The Morgan fingerprint density at radius 2 is 1.83 bits per heavy atom. The number of anilines is 3. The molecule has 2 heterocycles. The topological polar surface area (TPSA) is 131 Å². The summed E-state index contributed by atoms with van der Waals surface area (Å²) in [5.41, 5.74) is 6.09. The van der Waals surface area contributed by atoms with E-state index in [0.717, 1.165) is 25.0 Å². The van der Waals surface area contributed by atoms with E-state index in [2.05, 4.69) is 25.6 Å². The zero-order valence-electron chi connectivity index (χ0n) is 18.8. The van der Waals surface area contributed by atoms with Gasteiger partial charge in [-0.2, -0.15) is 4.98 Å². The maximum atomic E-state index is 14.4. The minimum atomic E-state index is -1.58. The summed E-state index contributed by atoms with van der Waals surface area (Å²) in [4.78, 5) is 25.1. The van der Waals surface area contributed by atoms with Crippen LogP contribution in [0.15, 0.2) is 18.3 Å². The zero-order chi connectivity index (χ0) is 24.7. The summed E-state index contributed by atoms with van der Waals surface area (Å²) in [7, 11) is 0. The Bertz CT molecular complexity index is 1260. The second-order valence-electron chi connectivity index (χ2n) is 9.21. The number of benzene rings is 1. The summed E-state index contributed by atoms with van der Waals surface area (Å²) in [5, 5.41) is 16.1. The number of carbonyl (C=O) groups is 1. The third kappa shape index (κ3) is 4.49. The van der Waals surface area contributed by atoms with E-state index in [1.165, 1.54) is 6.20 Å². The van der Waals surface area contributed by atoms with E-state index in [1.807, 2.05) is 0 Å². The van der Waals surface area contributed by atoms with Crippen LogP contribution in [0.1, 0.15) is 51.0 Å². The van der Waals surface area contributed by atoms with Crippen LogP contribution in [0.5, 0.6) is 0 Å². The molecule has 0 spiro atoms. The Hall–Kier alpha value is -3.41. The zero-order valence-corrected chi connectivity index (χ0v) is 18.8. The fraction of sp³-hybridized carbons (Fsp3) is 0.478. The molecule has 5 rings (SSSR count). The lowest BCUT2D eigenvalue weighted by molar-refractivity contribution is -0.122. The van der Waals surface area contributed by atoms with Gasteiger partial charge in [0.2, 0.25) is 17.8 Å². The highest BCUT2D eigenvalue weighted by molar-refractivity contribution is 5.78. The van der Waals surface area contributed by atoms with E-state index in [1.54, 1.807) is 4.57 Å². The Kier molecular flexibility index (Phi) is 6.22. The Morgan fingerprint density at radius 3 is 2.51 bits per heavy atom. The summed E-state index contributed by atoms with van der Waals surface area (Å²) < 4.78 is 43.5. The first-order valence-corrected chi connectivity index (χ1v) is 11.7. The number of imidazole rings is 1. The van der Waals surface area contributed by atoms with Crippen LogP contribution < -0.4 is 16.4 Å². The molecule has 5 N–H and O–H groups in total. The highest BCUT2D eigenvalue weighted by Gasteiger charge is 2.30. The van der Waals surface area contributed by atoms with Crippen LogP contribution in [0.4, 0.5) is 30.8 Å². The molecule has 1 amide bonds. The van der Waals surface area contributed by atoms with Gasteiger partial charge in [-0.1, -0.05) is 0 Å². The first-order chi connectivity index (χ1) is 16.8. The number of carbonyl (C=O) groups excluding carboxylic acids is 1. The van der Waals surface area contributed by atoms with Crippen LogP contribution in [0.2, 0.25) is 0 Å². The number of aromatic nitrogens is 4. The minimum absolute atomic E-state index is 0.147. The second kappa shape index (κ2) is 9.33. The van der Waals surface area contributed by atoms with E-state index in [9.17, 15) is 23.1 Å². The summed E-state index contributed by atoms with van der Waals surface area (Å²) in [6, 6.07) is 1.62. The molecule has 0 aliphatic heterocycles. The van der Waals surface area contributed by atoms with E-state index in [0.29, 0.717) is 49.2 Å². The molecule has 0 unspecified atom stereocenters. The third-order valence-electron chi connectivity index (χ3n) is 6.97. The molecular formula is C23H26F3N7O2. The molecular weight excluding hydrogens is 463 g/mol. The molecule has 2 fully saturated rings. The predicted molar refractivity (Wildman–Crippen MR) is 122 cm³/mol. The average molecular weight is 490 g/mol. The Morgan fingerprint density at radius 1 is 1.06 bits per heavy atom. The highest BCUT2D eigenvalue weighted by atomic mass is 19.2. The number of aliphatic hydroxyl groups excluding tert-OH is 1. The smallest absolute Gasteiger partial charge is 0.225 e. The van der Waals surface area contributed by atoms with Gasteiger partial charge in [0.05, 0.1) is 24.0 Å². The number of rotatable bonds is 6. The number of nitrogens with zero attached hydrogens (tertiary/aromatic N) is 4. The summed E-state index contributed by atoms with van der Waals surface area (Å²) >= 11 is 0. The van der Waals surface area contributed by atoms with Gasteiger partial charge in [-0.05, 0) is 57.1 Å². The highest BCUT2D eigenvalue weighted by Crippen LogP contribution is 2.37. The van der Waals surface area contributed by atoms with Gasteiger partial charge in [0.25, 0.3) is 0 Å². The molecule has 35 heavy (non-hydrogen) atoms. The Labute approximate surface area is 199 Å². The standard InChI is InChI=1S/C23H26F3N7O2/c24-13-8-9-15(19(26)18(13)25)30-23-31-16-10-28-22(29-14-2-1-3-17(14)34)32-21(16)33(23)12-6-4-11(5-7-12)20(27)35/h8-12,14,17,34H,1-7H2,(H2,27,35)(H,30,31)(H,28,29,32)/t11-,12-,14-,17-/m1/s1. The quantitative estimate of drug-likeness (QED) is 0.390. The number of aliphatic hydroxyl groups is 1. The summed E-state index contributed by atoms with van der Waals surface area (Å²) in [6.45, 7) is 0. The SMILES string of the molecule is NC(=O)[C@H]1CC[C@H](n2c(Nc3ccc(F)c(F)c3F)nc3cnc(N[C@@H]4CCC[C@H]4O)nc32)CC1. The van der Waals surface area contributed by atoms with Crippen LogP contribution in [0.3, 0.4) is 0 Å². The molecule has 2 aromatic heterocycles. The van der Waals surface area contributed by atoms with Gasteiger partial charge >= 0.3 is 0 Å². The molecule has 1 aromatic carbocycles. The van der Waals surface area contributed by atoms with Gasteiger partial charge in [0.1, 0.15) is 5.52 Å².